The van der Waals surface area contributed by atoms with E-state index < -0.39 is 11.5 Å². The highest BCUT2D eigenvalue weighted by molar-refractivity contribution is 5.98. The molecule has 0 spiro atoms. The topological polar surface area (TPSA) is 93.7 Å². The monoisotopic (exact) mass is 403 g/mol. The van der Waals surface area contributed by atoms with E-state index in [0.29, 0.717) is 11.4 Å². The van der Waals surface area contributed by atoms with Crippen LogP contribution in [0.25, 0.3) is 11.7 Å². The number of aromatic nitrogens is 2. The largest absolute Gasteiger partial charge is 0.462 e. The number of carbonyl (C=O) groups is 1. The number of fused-ring (bicyclic) bond motifs is 1. The lowest BCUT2D eigenvalue weighted by Gasteiger charge is -2.13. The van der Waals surface area contributed by atoms with Gasteiger partial charge in [0.05, 0.1) is 6.61 Å². The van der Waals surface area contributed by atoms with Crippen molar-refractivity contribution in [3.05, 3.63) is 74.7 Å². The van der Waals surface area contributed by atoms with E-state index in [1.807, 2.05) is 39.0 Å². The Labute approximate surface area is 173 Å². The first-order valence-corrected chi connectivity index (χ1v) is 9.42. The molecule has 2 aromatic heterocycles. The molecule has 0 N–H and O–H groups in total. The van der Waals surface area contributed by atoms with Gasteiger partial charge in [0.25, 0.3) is 5.56 Å². The lowest BCUT2D eigenvalue weighted by Crippen LogP contribution is -2.20. The van der Waals surface area contributed by atoms with Gasteiger partial charge in [0.2, 0.25) is 5.88 Å². The summed E-state index contributed by atoms with van der Waals surface area (Å²) in [5.74, 6) is -0.268. The molecule has 3 aromatic rings. The molecular formula is C23H21N3O4. The Morgan fingerprint density at radius 1 is 1.20 bits per heavy atom. The van der Waals surface area contributed by atoms with Gasteiger partial charge in [-0.1, -0.05) is 18.2 Å². The number of hydrogen-bond acceptors (Lipinski definition) is 6. The summed E-state index contributed by atoms with van der Waals surface area (Å²) in [6.45, 7) is 7.43. The van der Waals surface area contributed by atoms with E-state index in [4.69, 9.17) is 9.47 Å². The van der Waals surface area contributed by atoms with Gasteiger partial charge in [-0.05, 0) is 62.6 Å². The summed E-state index contributed by atoms with van der Waals surface area (Å²) in [4.78, 5) is 29.8. The van der Waals surface area contributed by atoms with Crippen LogP contribution in [0.5, 0.6) is 11.6 Å². The normalized spacial score (nSPS) is 11.2. The highest BCUT2D eigenvalue weighted by atomic mass is 16.5. The van der Waals surface area contributed by atoms with Crippen LogP contribution in [0.2, 0.25) is 0 Å². The Morgan fingerprint density at radius 2 is 1.93 bits per heavy atom. The molecule has 0 aliphatic rings. The van der Waals surface area contributed by atoms with Crippen LogP contribution in [-0.2, 0) is 9.53 Å². The molecule has 7 nitrogen and oxygen atoms in total. The summed E-state index contributed by atoms with van der Waals surface area (Å²) >= 11 is 0. The minimum atomic E-state index is -0.813. The van der Waals surface area contributed by atoms with Crippen molar-refractivity contribution in [2.24, 2.45) is 0 Å². The van der Waals surface area contributed by atoms with Gasteiger partial charge in [-0.15, -0.1) is 0 Å². The molecule has 1 aromatic carbocycles. The van der Waals surface area contributed by atoms with E-state index >= 15 is 0 Å². The number of aryl methyl sites for hydroxylation is 2. The first-order chi connectivity index (χ1) is 14.4. The first kappa shape index (κ1) is 20.8. The second-order valence-corrected chi connectivity index (χ2v) is 6.71. The van der Waals surface area contributed by atoms with Crippen LogP contribution in [0.4, 0.5) is 0 Å². The summed E-state index contributed by atoms with van der Waals surface area (Å²) < 4.78 is 12.3. The zero-order chi connectivity index (χ0) is 21.8. The Morgan fingerprint density at radius 3 is 2.63 bits per heavy atom. The smallest absolute Gasteiger partial charge is 0.348 e. The number of esters is 1. The van der Waals surface area contributed by atoms with E-state index in [0.717, 1.165) is 16.7 Å². The molecule has 7 heteroatoms. The average Bonchev–Trinajstić information content (AvgIpc) is 2.72. The van der Waals surface area contributed by atoms with Crippen molar-refractivity contribution in [3.63, 3.8) is 0 Å². The Hall–Kier alpha value is -3.92. The predicted octanol–water partition coefficient (Wildman–Crippen LogP) is 3.88. The van der Waals surface area contributed by atoms with Crippen molar-refractivity contribution in [1.82, 2.24) is 9.38 Å². The molecule has 152 valence electrons. The van der Waals surface area contributed by atoms with E-state index in [1.165, 1.54) is 10.5 Å². The SMILES string of the molecule is CCOC(=O)/C(C#N)=C/c1c(Oc2cccc(C)c2C)nc2c(C)cccn2c1=O. The van der Waals surface area contributed by atoms with Crippen LogP contribution in [0.15, 0.2) is 46.9 Å². The van der Waals surface area contributed by atoms with Crippen molar-refractivity contribution in [2.75, 3.05) is 6.61 Å². The Kier molecular flexibility index (Phi) is 5.98. The second kappa shape index (κ2) is 8.62. The molecule has 0 atom stereocenters. The van der Waals surface area contributed by atoms with Crippen molar-refractivity contribution < 1.29 is 14.3 Å². The van der Waals surface area contributed by atoms with Crippen molar-refractivity contribution >= 4 is 17.7 Å². The van der Waals surface area contributed by atoms with E-state index in [-0.39, 0.29) is 23.6 Å². The number of benzene rings is 1. The van der Waals surface area contributed by atoms with Crippen LogP contribution in [0.1, 0.15) is 29.2 Å². The molecule has 0 bridgehead atoms. The summed E-state index contributed by atoms with van der Waals surface area (Å²) in [6.07, 6.45) is 2.75. The van der Waals surface area contributed by atoms with Crippen LogP contribution >= 0.6 is 0 Å². The van der Waals surface area contributed by atoms with Crippen LogP contribution in [0, 0.1) is 32.1 Å². The van der Waals surface area contributed by atoms with Gasteiger partial charge < -0.3 is 9.47 Å². The fourth-order valence-electron chi connectivity index (χ4n) is 2.92. The fourth-order valence-corrected chi connectivity index (χ4v) is 2.92. The highest BCUT2D eigenvalue weighted by Crippen LogP contribution is 2.28. The number of nitrogens with zero attached hydrogens (tertiary/aromatic N) is 3. The number of rotatable bonds is 5. The zero-order valence-electron chi connectivity index (χ0n) is 17.2. The molecule has 0 aliphatic carbocycles. The third-order valence-electron chi connectivity index (χ3n) is 4.72. The second-order valence-electron chi connectivity index (χ2n) is 6.71. The standard InChI is InChI=1S/C23H21N3O4/c1-5-29-23(28)17(13-24)12-18-21(30-19-10-6-8-14(2)16(19)4)25-20-15(3)9-7-11-26(20)22(18)27/h6-12H,5H2,1-4H3/b17-12+. The molecule has 0 saturated carbocycles. The Bertz CT molecular complexity index is 1270. The van der Waals surface area contributed by atoms with Gasteiger partial charge >= 0.3 is 5.97 Å². The zero-order valence-corrected chi connectivity index (χ0v) is 17.2. The quantitative estimate of drug-likeness (QED) is 0.365. The molecule has 30 heavy (non-hydrogen) atoms. The maximum atomic E-state index is 13.2. The van der Waals surface area contributed by atoms with Crippen molar-refractivity contribution in [2.45, 2.75) is 27.7 Å². The minimum Gasteiger partial charge on any atom is -0.462 e. The number of ether oxygens (including phenoxy) is 2. The van der Waals surface area contributed by atoms with Gasteiger partial charge in [-0.25, -0.2) is 4.79 Å². The van der Waals surface area contributed by atoms with Crippen molar-refractivity contribution in [1.29, 1.82) is 5.26 Å². The summed E-state index contributed by atoms with van der Waals surface area (Å²) in [5, 5.41) is 9.40. The van der Waals surface area contributed by atoms with Crippen LogP contribution in [-0.4, -0.2) is 22.0 Å². The lowest BCUT2D eigenvalue weighted by atomic mass is 10.1. The number of nitriles is 1. The fraction of sp³-hybridized carbons (Fsp3) is 0.217. The molecule has 0 radical (unpaired) electrons. The average molecular weight is 403 g/mol. The number of hydrogen-bond donors (Lipinski definition) is 0. The predicted molar refractivity (Wildman–Crippen MR) is 112 cm³/mol. The van der Waals surface area contributed by atoms with Gasteiger partial charge in [0, 0.05) is 6.20 Å². The molecule has 0 aliphatic heterocycles. The number of carbonyl (C=O) groups excluding carboxylic acids is 1. The third-order valence-corrected chi connectivity index (χ3v) is 4.72. The molecular weight excluding hydrogens is 382 g/mol. The number of pyridine rings is 1. The highest BCUT2D eigenvalue weighted by Gasteiger charge is 2.19. The van der Waals surface area contributed by atoms with E-state index in [1.54, 1.807) is 31.3 Å². The molecule has 0 unspecified atom stereocenters. The first-order valence-electron chi connectivity index (χ1n) is 9.42. The summed E-state index contributed by atoms with van der Waals surface area (Å²) in [5.41, 5.74) is 2.34. The lowest BCUT2D eigenvalue weighted by molar-refractivity contribution is -0.137. The maximum Gasteiger partial charge on any atom is 0.348 e. The van der Waals surface area contributed by atoms with Gasteiger partial charge in [-0.3, -0.25) is 9.20 Å². The van der Waals surface area contributed by atoms with Crippen molar-refractivity contribution in [3.8, 4) is 17.7 Å². The molecule has 0 saturated heterocycles. The molecule has 2 heterocycles. The Balaban J connectivity index is 2.29. The van der Waals surface area contributed by atoms with Gasteiger partial charge in [0.15, 0.2) is 0 Å². The van der Waals surface area contributed by atoms with E-state index in [2.05, 4.69) is 4.98 Å². The molecule has 3 rings (SSSR count). The van der Waals surface area contributed by atoms with Crippen LogP contribution < -0.4 is 10.3 Å². The molecule has 0 amide bonds. The van der Waals surface area contributed by atoms with Crippen LogP contribution in [0.3, 0.4) is 0 Å². The van der Waals surface area contributed by atoms with Gasteiger partial charge in [-0.2, -0.15) is 10.2 Å². The van der Waals surface area contributed by atoms with Gasteiger partial charge in [0.1, 0.15) is 28.6 Å². The maximum absolute atomic E-state index is 13.2. The molecule has 0 fully saturated rings. The third kappa shape index (κ3) is 3.94. The summed E-state index contributed by atoms with van der Waals surface area (Å²) in [7, 11) is 0. The minimum absolute atomic E-state index is 0.0105. The van der Waals surface area contributed by atoms with E-state index in [9.17, 15) is 14.9 Å². The summed E-state index contributed by atoms with van der Waals surface area (Å²) in [6, 6.07) is 10.9.